The number of rotatable bonds is 5. The lowest BCUT2D eigenvalue weighted by atomic mass is 9.58. The molecular weight excluding hydrogens is 328 g/mol. The van der Waals surface area contributed by atoms with E-state index in [0.717, 1.165) is 12.8 Å². The van der Waals surface area contributed by atoms with Gasteiger partial charge >= 0.3 is 0 Å². The van der Waals surface area contributed by atoms with Gasteiger partial charge in [-0.05, 0) is 42.2 Å². The molecule has 1 aromatic carbocycles. The SMILES string of the molecule is NC(N)=N/C(N)=C\C[C@H]1C[C@H](C2CC(N)=NC(N)=N2)[C@H]1c1ccccc1. The van der Waals surface area contributed by atoms with E-state index in [1.807, 2.05) is 12.1 Å². The molecule has 8 nitrogen and oxygen atoms in total. The van der Waals surface area contributed by atoms with E-state index in [0.29, 0.717) is 35.8 Å². The molecule has 10 N–H and O–H groups in total. The normalized spacial score (nSPS) is 28.5. The molecule has 8 heteroatoms. The molecule has 1 saturated carbocycles. The van der Waals surface area contributed by atoms with Gasteiger partial charge in [-0.1, -0.05) is 30.3 Å². The van der Waals surface area contributed by atoms with Crippen LogP contribution in [0.2, 0.25) is 0 Å². The van der Waals surface area contributed by atoms with Crippen LogP contribution in [-0.4, -0.2) is 23.8 Å². The van der Waals surface area contributed by atoms with Crippen molar-refractivity contribution in [2.24, 2.45) is 55.5 Å². The minimum Gasteiger partial charge on any atom is -0.387 e. The third-order valence-electron chi connectivity index (χ3n) is 5.09. The molecule has 0 radical (unpaired) electrons. The van der Waals surface area contributed by atoms with Crippen LogP contribution in [-0.2, 0) is 0 Å². The first-order valence-electron chi connectivity index (χ1n) is 8.70. The third kappa shape index (κ3) is 3.96. The first kappa shape index (κ1) is 17.8. The monoisotopic (exact) mass is 354 g/mol. The fourth-order valence-electron chi connectivity index (χ4n) is 4.00. The average molecular weight is 354 g/mol. The van der Waals surface area contributed by atoms with Gasteiger partial charge in [0.25, 0.3) is 0 Å². The van der Waals surface area contributed by atoms with Gasteiger partial charge in [0.1, 0.15) is 11.7 Å². The summed E-state index contributed by atoms with van der Waals surface area (Å²) in [7, 11) is 0. The van der Waals surface area contributed by atoms with Crippen molar-refractivity contribution in [3.8, 4) is 0 Å². The number of nitrogens with zero attached hydrogens (tertiary/aromatic N) is 3. The summed E-state index contributed by atoms with van der Waals surface area (Å²) in [6.45, 7) is 0. The molecule has 1 aromatic rings. The summed E-state index contributed by atoms with van der Waals surface area (Å²) in [6.07, 6.45) is 4.34. The number of hydrogen-bond acceptors (Lipinski definition) is 6. The van der Waals surface area contributed by atoms with Crippen molar-refractivity contribution >= 4 is 17.8 Å². The molecule has 0 aromatic heterocycles. The predicted molar refractivity (Wildman–Crippen MR) is 105 cm³/mol. The van der Waals surface area contributed by atoms with Crippen molar-refractivity contribution in [2.45, 2.75) is 31.2 Å². The first-order valence-corrected chi connectivity index (χ1v) is 8.70. The van der Waals surface area contributed by atoms with Gasteiger partial charge in [-0.15, -0.1) is 0 Å². The first-order chi connectivity index (χ1) is 12.4. The highest BCUT2D eigenvalue weighted by Crippen LogP contribution is 2.52. The zero-order valence-corrected chi connectivity index (χ0v) is 14.6. The van der Waals surface area contributed by atoms with Crippen molar-refractivity contribution in [3.63, 3.8) is 0 Å². The van der Waals surface area contributed by atoms with Gasteiger partial charge in [0, 0.05) is 6.42 Å². The molecule has 0 saturated heterocycles. The quantitative estimate of drug-likeness (QED) is 0.378. The Balaban J connectivity index is 1.78. The topological polar surface area (TPSA) is 167 Å². The number of amidine groups is 1. The summed E-state index contributed by atoms with van der Waals surface area (Å²) in [5, 5.41) is 0. The standard InChI is InChI=1S/C18H26N8/c19-14(25-17(21)22)7-6-11-8-12(13-9-15(20)26-18(23)24-13)16(11)10-4-2-1-3-5-10/h1-5,7,11-13,16H,6,8-9,19H2,(H4,21,22,25)(H4,20,23,24,26)/b14-7-/t11-,12+,13?,16-/m0/s1. The van der Waals surface area contributed by atoms with Crippen LogP contribution in [0.15, 0.2) is 57.2 Å². The Morgan fingerprint density at radius 1 is 1.15 bits per heavy atom. The number of aliphatic imine (C=N–C) groups is 3. The molecular formula is C18H26N8. The molecule has 26 heavy (non-hydrogen) atoms. The fourth-order valence-corrected chi connectivity index (χ4v) is 4.00. The Bertz CT molecular complexity index is 761. The second-order valence-corrected chi connectivity index (χ2v) is 6.86. The lowest BCUT2D eigenvalue weighted by Crippen LogP contribution is -2.44. The van der Waals surface area contributed by atoms with Crippen molar-refractivity contribution in [3.05, 3.63) is 47.8 Å². The number of nitrogens with two attached hydrogens (primary N) is 5. The highest BCUT2D eigenvalue weighted by Gasteiger charge is 2.45. The minimum absolute atomic E-state index is 0.0355. The number of hydrogen-bond donors (Lipinski definition) is 5. The summed E-state index contributed by atoms with van der Waals surface area (Å²) >= 11 is 0. The molecule has 1 aliphatic heterocycles. The van der Waals surface area contributed by atoms with Crippen LogP contribution in [0.25, 0.3) is 0 Å². The Morgan fingerprint density at radius 2 is 1.88 bits per heavy atom. The van der Waals surface area contributed by atoms with Crippen LogP contribution in [0, 0.1) is 11.8 Å². The molecule has 3 rings (SSSR count). The van der Waals surface area contributed by atoms with Crippen molar-refractivity contribution in [1.29, 1.82) is 0 Å². The Morgan fingerprint density at radius 3 is 2.54 bits per heavy atom. The zero-order chi connectivity index (χ0) is 18.7. The largest absolute Gasteiger partial charge is 0.387 e. The predicted octanol–water partition coefficient (Wildman–Crippen LogP) is 0.314. The summed E-state index contributed by atoms with van der Waals surface area (Å²) < 4.78 is 0. The highest BCUT2D eigenvalue weighted by atomic mass is 15.1. The maximum atomic E-state index is 5.92. The summed E-state index contributed by atoms with van der Waals surface area (Å²) in [5.74, 6) is 2.29. The van der Waals surface area contributed by atoms with Gasteiger partial charge in [0.2, 0.25) is 5.96 Å². The molecule has 1 fully saturated rings. The number of allylic oxidation sites excluding steroid dienone is 1. The van der Waals surface area contributed by atoms with E-state index in [4.69, 9.17) is 28.7 Å². The van der Waals surface area contributed by atoms with Gasteiger partial charge in [-0.25, -0.2) is 9.98 Å². The van der Waals surface area contributed by atoms with E-state index >= 15 is 0 Å². The molecule has 0 spiro atoms. The van der Waals surface area contributed by atoms with Crippen LogP contribution in [0.3, 0.4) is 0 Å². The van der Waals surface area contributed by atoms with E-state index in [-0.39, 0.29) is 18.0 Å². The van der Waals surface area contributed by atoms with Gasteiger partial charge in [0.15, 0.2) is 5.96 Å². The van der Waals surface area contributed by atoms with E-state index < -0.39 is 0 Å². The maximum absolute atomic E-state index is 5.92. The van der Waals surface area contributed by atoms with Gasteiger partial charge in [-0.3, -0.25) is 0 Å². The van der Waals surface area contributed by atoms with Crippen LogP contribution in [0.1, 0.15) is 30.7 Å². The minimum atomic E-state index is -0.0355. The third-order valence-corrected chi connectivity index (χ3v) is 5.09. The smallest absolute Gasteiger partial charge is 0.217 e. The molecule has 0 bridgehead atoms. The number of benzene rings is 1. The lowest BCUT2D eigenvalue weighted by molar-refractivity contribution is 0.117. The van der Waals surface area contributed by atoms with Gasteiger partial charge < -0.3 is 28.7 Å². The highest BCUT2D eigenvalue weighted by molar-refractivity contribution is 5.96. The van der Waals surface area contributed by atoms with Crippen molar-refractivity contribution in [2.75, 3.05) is 0 Å². The van der Waals surface area contributed by atoms with Crippen LogP contribution in [0.4, 0.5) is 0 Å². The Hall–Kier alpha value is -3.03. The Kier molecular flexibility index (Phi) is 5.11. The van der Waals surface area contributed by atoms with E-state index in [1.54, 1.807) is 0 Å². The van der Waals surface area contributed by atoms with Crippen LogP contribution < -0.4 is 28.7 Å². The molecule has 1 heterocycles. The van der Waals surface area contributed by atoms with E-state index in [9.17, 15) is 0 Å². The number of guanidine groups is 2. The van der Waals surface area contributed by atoms with Gasteiger partial charge in [0.05, 0.1) is 6.04 Å². The summed E-state index contributed by atoms with van der Waals surface area (Å²) in [6, 6.07) is 10.5. The van der Waals surface area contributed by atoms with Gasteiger partial charge in [-0.2, -0.15) is 4.99 Å². The summed E-state index contributed by atoms with van der Waals surface area (Å²) in [4.78, 5) is 12.4. The van der Waals surface area contributed by atoms with E-state index in [1.165, 1.54) is 5.56 Å². The fraction of sp³-hybridized carbons (Fsp3) is 0.389. The van der Waals surface area contributed by atoms with Crippen molar-refractivity contribution < 1.29 is 0 Å². The molecule has 1 aliphatic carbocycles. The molecule has 1 unspecified atom stereocenters. The molecule has 0 amide bonds. The second-order valence-electron chi connectivity index (χ2n) is 6.86. The summed E-state index contributed by atoms with van der Waals surface area (Å²) in [5.41, 5.74) is 29.6. The van der Waals surface area contributed by atoms with Crippen LogP contribution in [0.5, 0.6) is 0 Å². The second kappa shape index (κ2) is 7.47. The molecule has 2 aliphatic rings. The van der Waals surface area contributed by atoms with E-state index in [2.05, 4.69) is 39.2 Å². The Labute approximate surface area is 152 Å². The molecule has 138 valence electrons. The van der Waals surface area contributed by atoms with Crippen LogP contribution >= 0.6 is 0 Å². The van der Waals surface area contributed by atoms with Crippen molar-refractivity contribution in [1.82, 2.24) is 0 Å². The molecule has 4 atom stereocenters. The lowest BCUT2D eigenvalue weighted by Gasteiger charge is -2.48. The zero-order valence-electron chi connectivity index (χ0n) is 14.6. The average Bonchev–Trinajstić information content (AvgIpc) is 2.53. The maximum Gasteiger partial charge on any atom is 0.217 e.